The van der Waals surface area contributed by atoms with Crippen molar-refractivity contribution in [3.63, 3.8) is 0 Å². The van der Waals surface area contributed by atoms with E-state index in [1.807, 2.05) is 28.0 Å². The van der Waals surface area contributed by atoms with Crippen LogP contribution in [0.25, 0.3) is 0 Å². The molecular weight excluding hydrogens is 524 g/mol. The Kier molecular flexibility index (Phi) is 9.13. The quantitative estimate of drug-likeness (QED) is 0.381. The fourth-order valence-corrected chi connectivity index (χ4v) is 6.72. The van der Waals surface area contributed by atoms with Crippen LogP contribution in [0.1, 0.15) is 51.0 Å². The van der Waals surface area contributed by atoms with Crippen molar-refractivity contribution in [3.8, 4) is 0 Å². The Labute approximate surface area is 243 Å². The van der Waals surface area contributed by atoms with Gasteiger partial charge in [0, 0.05) is 54.8 Å². The largest absolute Gasteiger partial charge is 0.339 e. The Morgan fingerprint density at radius 1 is 1.07 bits per heavy atom. The molecule has 2 aromatic rings. The van der Waals surface area contributed by atoms with Crippen molar-refractivity contribution in [1.29, 1.82) is 0 Å². The molecule has 2 atom stereocenters. The third-order valence-electron chi connectivity index (χ3n) is 8.83. The number of benzene rings is 2. The zero-order valence-corrected chi connectivity index (χ0v) is 24.2. The van der Waals surface area contributed by atoms with Crippen LogP contribution in [0.4, 0.5) is 10.5 Å². The Morgan fingerprint density at radius 3 is 2.40 bits per heavy atom. The van der Waals surface area contributed by atoms with E-state index in [-0.39, 0.29) is 29.8 Å². The van der Waals surface area contributed by atoms with Gasteiger partial charge < -0.3 is 15.1 Å². The number of likely N-dealkylation sites (tertiary alicyclic amines) is 1. The highest BCUT2D eigenvalue weighted by Gasteiger charge is 2.51. The molecule has 3 fully saturated rings. The molecule has 2 aromatic carbocycles. The second-order valence-corrected chi connectivity index (χ2v) is 11.9. The summed E-state index contributed by atoms with van der Waals surface area (Å²) in [5.74, 6) is 0.598. The van der Waals surface area contributed by atoms with Crippen LogP contribution in [-0.2, 0) is 15.2 Å². The number of rotatable bonds is 8. The van der Waals surface area contributed by atoms with Crippen LogP contribution in [0.15, 0.2) is 67.3 Å². The van der Waals surface area contributed by atoms with E-state index in [9.17, 15) is 9.59 Å². The SMILES string of the molecule is C=CCN(C(=O)Nc1ccc(Cl)cc1)C1CCN(O[C@]2(c3ccccc3)CN(C(=O)C3CCCC3)C[C@@H]2C)CC1. The standard InChI is InChI=1S/C32H41ClN4O3/c1-3-19-37(31(39)34-28-15-13-27(33)14-16-28)29-17-20-36(21-18-29)40-32(26-11-5-4-6-12-26)23-35(22-24(32)2)30(38)25-9-7-8-10-25/h3-6,11-16,24-25,29H,1,7-10,17-23H2,2H3,(H,34,39)/t24-,32+/m0/s1. The molecule has 40 heavy (non-hydrogen) atoms. The molecule has 0 bridgehead atoms. The van der Waals surface area contributed by atoms with Crippen LogP contribution in [0.5, 0.6) is 0 Å². The predicted octanol–water partition coefficient (Wildman–Crippen LogP) is 6.32. The van der Waals surface area contributed by atoms with Crippen molar-refractivity contribution in [2.24, 2.45) is 11.8 Å². The molecule has 2 heterocycles. The van der Waals surface area contributed by atoms with Gasteiger partial charge in [-0.3, -0.25) is 9.63 Å². The lowest BCUT2D eigenvalue weighted by Crippen LogP contribution is -2.51. The second kappa shape index (κ2) is 12.8. The van der Waals surface area contributed by atoms with Crippen LogP contribution < -0.4 is 5.32 Å². The van der Waals surface area contributed by atoms with Crippen molar-refractivity contribution in [1.82, 2.24) is 14.9 Å². The minimum absolute atomic E-state index is 0.0688. The zero-order chi connectivity index (χ0) is 28.1. The van der Waals surface area contributed by atoms with Crippen molar-refractivity contribution in [3.05, 3.63) is 77.8 Å². The number of carbonyl (C=O) groups is 2. The summed E-state index contributed by atoms with van der Waals surface area (Å²) in [7, 11) is 0. The molecule has 1 aliphatic carbocycles. The van der Waals surface area contributed by atoms with Gasteiger partial charge in [0.15, 0.2) is 0 Å². The first-order valence-corrected chi connectivity index (χ1v) is 15.0. The third-order valence-corrected chi connectivity index (χ3v) is 9.08. The number of hydrogen-bond acceptors (Lipinski definition) is 4. The van der Waals surface area contributed by atoms with Gasteiger partial charge in [0.25, 0.3) is 0 Å². The topological polar surface area (TPSA) is 65.1 Å². The summed E-state index contributed by atoms with van der Waals surface area (Å²) in [4.78, 5) is 37.4. The molecule has 2 saturated heterocycles. The van der Waals surface area contributed by atoms with Gasteiger partial charge in [-0.05, 0) is 55.5 Å². The van der Waals surface area contributed by atoms with Gasteiger partial charge in [-0.15, -0.1) is 6.58 Å². The molecule has 1 N–H and O–H groups in total. The highest BCUT2D eigenvalue weighted by atomic mass is 35.5. The van der Waals surface area contributed by atoms with E-state index in [1.54, 1.807) is 30.3 Å². The molecule has 7 nitrogen and oxygen atoms in total. The normalized spacial score (nSPS) is 24.2. The molecule has 8 heteroatoms. The second-order valence-electron chi connectivity index (χ2n) is 11.5. The van der Waals surface area contributed by atoms with E-state index in [2.05, 4.69) is 36.0 Å². The monoisotopic (exact) mass is 564 g/mol. The first-order valence-electron chi connectivity index (χ1n) is 14.6. The fraction of sp³-hybridized carbons (Fsp3) is 0.500. The van der Waals surface area contributed by atoms with Crippen LogP contribution in [0.2, 0.25) is 5.02 Å². The maximum atomic E-state index is 13.4. The predicted molar refractivity (Wildman–Crippen MR) is 159 cm³/mol. The summed E-state index contributed by atoms with van der Waals surface area (Å²) >= 11 is 6.00. The summed E-state index contributed by atoms with van der Waals surface area (Å²) in [5.41, 5.74) is 1.23. The van der Waals surface area contributed by atoms with Crippen LogP contribution in [0, 0.1) is 11.8 Å². The third kappa shape index (κ3) is 6.22. The van der Waals surface area contributed by atoms with E-state index in [0.29, 0.717) is 43.4 Å². The van der Waals surface area contributed by atoms with Crippen LogP contribution >= 0.6 is 11.6 Å². The summed E-state index contributed by atoms with van der Waals surface area (Å²) in [5, 5.41) is 5.68. The number of carbonyl (C=O) groups excluding carboxylic acids is 2. The molecule has 1 saturated carbocycles. The van der Waals surface area contributed by atoms with Gasteiger partial charge in [0.2, 0.25) is 5.91 Å². The van der Waals surface area contributed by atoms with Gasteiger partial charge in [0.05, 0.1) is 6.54 Å². The van der Waals surface area contributed by atoms with E-state index >= 15 is 0 Å². The van der Waals surface area contributed by atoms with Crippen molar-refractivity contribution in [2.45, 2.75) is 57.1 Å². The maximum Gasteiger partial charge on any atom is 0.322 e. The van der Waals surface area contributed by atoms with Gasteiger partial charge in [-0.1, -0.05) is 67.8 Å². The molecule has 5 rings (SSSR count). The highest BCUT2D eigenvalue weighted by Crippen LogP contribution is 2.43. The number of piperidine rings is 1. The van der Waals surface area contributed by atoms with E-state index < -0.39 is 5.60 Å². The molecule has 2 aliphatic heterocycles. The number of nitrogens with zero attached hydrogens (tertiary/aromatic N) is 3. The lowest BCUT2D eigenvalue weighted by Gasteiger charge is -2.42. The first kappa shape index (κ1) is 28.7. The molecule has 0 spiro atoms. The fourth-order valence-electron chi connectivity index (χ4n) is 6.59. The van der Waals surface area contributed by atoms with Gasteiger partial charge in [-0.25, -0.2) is 4.79 Å². The maximum absolute atomic E-state index is 13.4. The average Bonchev–Trinajstić information content (AvgIpc) is 3.63. The number of halogens is 1. The summed E-state index contributed by atoms with van der Waals surface area (Å²) in [6.45, 7) is 9.22. The minimum atomic E-state index is -0.588. The summed E-state index contributed by atoms with van der Waals surface area (Å²) in [6, 6.07) is 17.4. The highest BCUT2D eigenvalue weighted by molar-refractivity contribution is 6.30. The van der Waals surface area contributed by atoms with Gasteiger partial charge >= 0.3 is 6.03 Å². The first-order chi connectivity index (χ1) is 19.4. The lowest BCUT2D eigenvalue weighted by atomic mass is 9.85. The van der Waals surface area contributed by atoms with E-state index in [4.69, 9.17) is 16.4 Å². The summed E-state index contributed by atoms with van der Waals surface area (Å²) in [6.07, 6.45) is 7.64. The molecule has 3 amide bonds. The molecular formula is C32H41ClN4O3. The average molecular weight is 565 g/mol. The Bertz CT molecular complexity index is 1160. The molecule has 0 aromatic heterocycles. The Balaban J connectivity index is 1.26. The van der Waals surface area contributed by atoms with E-state index in [1.165, 1.54) is 0 Å². The molecule has 214 valence electrons. The van der Waals surface area contributed by atoms with Crippen LogP contribution in [0.3, 0.4) is 0 Å². The number of urea groups is 1. The molecule has 3 aliphatic rings. The summed E-state index contributed by atoms with van der Waals surface area (Å²) < 4.78 is 0. The number of anilines is 1. The Morgan fingerprint density at radius 2 is 1.75 bits per heavy atom. The smallest absolute Gasteiger partial charge is 0.322 e. The van der Waals surface area contributed by atoms with Gasteiger partial charge in [0.1, 0.15) is 5.60 Å². The van der Waals surface area contributed by atoms with Crippen molar-refractivity contribution < 1.29 is 14.4 Å². The zero-order valence-electron chi connectivity index (χ0n) is 23.4. The molecule has 0 radical (unpaired) electrons. The van der Waals surface area contributed by atoms with Crippen molar-refractivity contribution >= 4 is 29.2 Å². The van der Waals surface area contributed by atoms with Gasteiger partial charge in [-0.2, -0.15) is 5.06 Å². The van der Waals surface area contributed by atoms with Crippen molar-refractivity contribution in [2.75, 3.05) is 38.0 Å². The number of amides is 3. The molecule has 0 unspecified atom stereocenters. The minimum Gasteiger partial charge on any atom is -0.339 e. The van der Waals surface area contributed by atoms with Crippen LogP contribution in [-0.4, -0.2) is 65.6 Å². The Hall–Kier alpha value is -2.87. The number of nitrogens with one attached hydrogen (secondary N) is 1. The number of hydrogen-bond donors (Lipinski definition) is 1. The van der Waals surface area contributed by atoms with E-state index in [0.717, 1.165) is 44.1 Å². The lowest BCUT2D eigenvalue weighted by molar-refractivity contribution is -0.268. The number of hydroxylamine groups is 2.